The topological polar surface area (TPSA) is 39.9 Å². The zero-order valence-electron chi connectivity index (χ0n) is 9.47. The van der Waals surface area contributed by atoms with E-state index in [4.69, 9.17) is 5.26 Å². The Bertz CT molecular complexity index is 536. The molecule has 1 aromatic heterocycles. The van der Waals surface area contributed by atoms with E-state index in [0.29, 0.717) is 0 Å². The molecule has 0 N–H and O–H groups in total. The van der Waals surface area contributed by atoms with Crippen molar-refractivity contribution in [2.75, 3.05) is 6.54 Å². The molecule has 3 rings (SSSR count). The van der Waals surface area contributed by atoms with Crippen LogP contribution >= 0.6 is 11.3 Å². The summed E-state index contributed by atoms with van der Waals surface area (Å²) in [4.78, 5) is 6.85. The number of hydrogen-bond donors (Lipinski definition) is 0. The molecule has 0 amide bonds. The maximum Gasteiger partial charge on any atom is 0.108 e. The van der Waals surface area contributed by atoms with Gasteiger partial charge in [-0.1, -0.05) is 12.1 Å². The van der Waals surface area contributed by atoms with Gasteiger partial charge in [-0.15, -0.1) is 11.3 Å². The molecule has 17 heavy (non-hydrogen) atoms. The second-order valence-corrected chi connectivity index (χ2v) is 5.45. The summed E-state index contributed by atoms with van der Waals surface area (Å²) in [5, 5.41) is 10.2. The van der Waals surface area contributed by atoms with Crippen molar-refractivity contribution in [3.63, 3.8) is 0 Å². The van der Waals surface area contributed by atoms with E-state index in [1.165, 1.54) is 4.70 Å². The maximum absolute atomic E-state index is 9.05. The standard InChI is InChI=1S/C13H13N3S/c14-8-10-4-3-7-16(10)9-13-15-11-5-1-2-6-12(11)17-13/h1-2,5-6,10H,3-4,7,9H2. The van der Waals surface area contributed by atoms with Crippen LogP contribution in [0, 0.1) is 11.3 Å². The summed E-state index contributed by atoms with van der Waals surface area (Å²) in [5.74, 6) is 0. The van der Waals surface area contributed by atoms with E-state index in [0.717, 1.165) is 36.5 Å². The smallest absolute Gasteiger partial charge is 0.108 e. The number of rotatable bonds is 2. The zero-order valence-corrected chi connectivity index (χ0v) is 10.3. The first-order chi connectivity index (χ1) is 8.36. The molecule has 1 saturated heterocycles. The van der Waals surface area contributed by atoms with Crippen molar-refractivity contribution in [3.8, 4) is 6.07 Å². The molecule has 0 spiro atoms. The Balaban J connectivity index is 1.83. The van der Waals surface area contributed by atoms with Gasteiger partial charge in [-0.2, -0.15) is 5.26 Å². The van der Waals surface area contributed by atoms with Crippen LogP contribution in [-0.4, -0.2) is 22.5 Å². The van der Waals surface area contributed by atoms with Gasteiger partial charge in [-0.25, -0.2) is 4.98 Å². The summed E-state index contributed by atoms with van der Waals surface area (Å²) in [6.07, 6.45) is 2.13. The van der Waals surface area contributed by atoms with E-state index in [2.05, 4.69) is 22.0 Å². The number of para-hydroxylation sites is 1. The number of fused-ring (bicyclic) bond motifs is 1. The molecule has 4 heteroatoms. The Morgan fingerprint density at radius 2 is 2.35 bits per heavy atom. The van der Waals surface area contributed by atoms with Gasteiger partial charge < -0.3 is 0 Å². The third-order valence-corrected chi connectivity index (χ3v) is 4.21. The Labute approximate surface area is 104 Å². The minimum Gasteiger partial charge on any atom is -0.281 e. The van der Waals surface area contributed by atoms with E-state index in [1.54, 1.807) is 11.3 Å². The summed E-state index contributed by atoms with van der Waals surface area (Å²) in [7, 11) is 0. The highest BCUT2D eigenvalue weighted by atomic mass is 32.1. The molecule has 0 radical (unpaired) electrons. The number of aromatic nitrogens is 1. The number of hydrogen-bond acceptors (Lipinski definition) is 4. The van der Waals surface area contributed by atoms with Gasteiger partial charge in [-0.3, -0.25) is 4.90 Å². The highest BCUT2D eigenvalue weighted by Crippen LogP contribution is 2.25. The number of thiazole rings is 1. The van der Waals surface area contributed by atoms with Crippen molar-refractivity contribution < 1.29 is 0 Å². The van der Waals surface area contributed by atoms with Crippen molar-refractivity contribution in [2.24, 2.45) is 0 Å². The summed E-state index contributed by atoms with van der Waals surface area (Å²) in [6, 6.07) is 10.7. The van der Waals surface area contributed by atoms with Crippen LogP contribution < -0.4 is 0 Å². The average Bonchev–Trinajstić information content (AvgIpc) is 2.94. The monoisotopic (exact) mass is 243 g/mol. The minimum atomic E-state index is 0.0852. The van der Waals surface area contributed by atoms with Crippen LogP contribution in [-0.2, 0) is 6.54 Å². The minimum absolute atomic E-state index is 0.0852. The molecular formula is C13H13N3S. The molecular weight excluding hydrogens is 230 g/mol. The molecule has 86 valence electrons. The third-order valence-electron chi connectivity index (χ3n) is 3.19. The Hall–Kier alpha value is -1.44. The van der Waals surface area contributed by atoms with Gasteiger partial charge >= 0.3 is 0 Å². The van der Waals surface area contributed by atoms with Crippen LogP contribution in [0.3, 0.4) is 0 Å². The summed E-state index contributed by atoms with van der Waals surface area (Å²) in [5.41, 5.74) is 1.07. The van der Waals surface area contributed by atoms with Crippen molar-refractivity contribution in [3.05, 3.63) is 29.3 Å². The van der Waals surface area contributed by atoms with E-state index in [-0.39, 0.29) is 6.04 Å². The van der Waals surface area contributed by atoms with Crippen LogP contribution in [0.4, 0.5) is 0 Å². The average molecular weight is 243 g/mol. The fourth-order valence-corrected chi connectivity index (χ4v) is 3.32. The maximum atomic E-state index is 9.05. The molecule has 1 aliphatic heterocycles. The van der Waals surface area contributed by atoms with Crippen molar-refractivity contribution >= 4 is 21.6 Å². The van der Waals surface area contributed by atoms with Crippen LogP contribution in [0.2, 0.25) is 0 Å². The molecule has 0 aliphatic carbocycles. The van der Waals surface area contributed by atoms with E-state index >= 15 is 0 Å². The number of nitrogens with zero attached hydrogens (tertiary/aromatic N) is 3. The molecule has 2 aromatic rings. The van der Waals surface area contributed by atoms with Gasteiger partial charge in [0.05, 0.1) is 28.9 Å². The molecule has 1 atom stereocenters. The number of likely N-dealkylation sites (tertiary alicyclic amines) is 1. The predicted molar refractivity (Wildman–Crippen MR) is 68.7 cm³/mol. The highest BCUT2D eigenvalue weighted by molar-refractivity contribution is 7.18. The second-order valence-electron chi connectivity index (χ2n) is 4.33. The molecule has 1 fully saturated rings. The molecule has 1 unspecified atom stereocenters. The van der Waals surface area contributed by atoms with Gasteiger partial charge in [0.15, 0.2) is 0 Å². The van der Waals surface area contributed by atoms with Gasteiger partial charge in [0.1, 0.15) is 5.01 Å². The largest absolute Gasteiger partial charge is 0.281 e. The third kappa shape index (κ3) is 2.04. The fraction of sp³-hybridized carbons (Fsp3) is 0.385. The van der Waals surface area contributed by atoms with E-state index in [1.807, 2.05) is 18.2 Å². The van der Waals surface area contributed by atoms with E-state index < -0.39 is 0 Å². The summed E-state index contributed by atoms with van der Waals surface area (Å²) in [6.45, 7) is 1.84. The van der Waals surface area contributed by atoms with Crippen LogP contribution in [0.15, 0.2) is 24.3 Å². The van der Waals surface area contributed by atoms with Crippen molar-refractivity contribution in [1.29, 1.82) is 5.26 Å². The lowest BCUT2D eigenvalue weighted by Gasteiger charge is -2.16. The van der Waals surface area contributed by atoms with Crippen molar-refractivity contribution in [1.82, 2.24) is 9.88 Å². The second kappa shape index (κ2) is 4.44. The lowest BCUT2D eigenvalue weighted by molar-refractivity contribution is 0.286. The first-order valence-corrected chi connectivity index (χ1v) is 6.66. The Morgan fingerprint density at radius 1 is 1.47 bits per heavy atom. The summed E-state index contributed by atoms with van der Waals surface area (Å²) < 4.78 is 1.23. The van der Waals surface area contributed by atoms with Gasteiger partial charge in [-0.05, 0) is 31.5 Å². The molecule has 3 nitrogen and oxygen atoms in total. The first-order valence-electron chi connectivity index (χ1n) is 5.85. The van der Waals surface area contributed by atoms with E-state index in [9.17, 15) is 0 Å². The molecule has 2 heterocycles. The molecule has 1 aromatic carbocycles. The van der Waals surface area contributed by atoms with Crippen LogP contribution in [0.1, 0.15) is 17.8 Å². The van der Waals surface area contributed by atoms with Gasteiger partial charge in [0.25, 0.3) is 0 Å². The fourth-order valence-electron chi connectivity index (χ4n) is 2.32. The Kier molecular flexibility index (Phi) is 2.79. The summed E-state index contributed by atoms with van der Waals surface area (Å²) >= 11 is 1.73. The lowest BCUT2D eigenvalue weighted by atomic mass is 10.2. The molecule has 0 bridgehead atoms. The van der Waals surface area contributed by atoms with Gasteiger partial charge in [0.2, 0.25) is 0 Å². The lowest BCUT2D eigenvalue weighted by Crippen LogP contribution is -2.27. The quantitative estimate of drug-likeness (QED) is 0.814. The van der Waals surface area contributed by atoms with Gasteiger partial charge in [0, 0.05) is 0 Å². The zero-order chi connectivity index (χ0) is 11.7. The van der Waals surface area contributed by atoms with Crippen LogP contribution in [0.5, 0.6) is 0 Å². The van der Waals surface area contributed by atoms with Crippen molar-refractivity contribution in [2.45, 2.75) is 25.4 Å². The van der Waals surface area contributed by atoms with Crippen LogP contribution in [0.25, 0.3) is 10.2 Å². The predicted octanol–water partition coefficient (Wildman–Crippen LogP) is 2.78. The SMILES string of the molecule is N#CC1CCCN1Cc1nc2ccccc2s1. The molecule has 1 aliphatic rings. The Morgan fingerprint density at radius 3 is 3.18 bits per heavy atom. The highest BCUT2D eigenvalue weighted by Gasteiger charge is 2.24. The molecule has 0 saturated carbocycles. The normalized spacial score (nSPS) is 20.8. The first kappa shape index (κ1) is 10.7. The number of benzene rings is 1. The number of nitriles is 1.